The van der Waals surface area contributed by atoms with E-state index < -0.39 is 0 Å². The van der Waals surface area contributed by atoms with Crippen LogP contribution in [-0.2, 0) is 4.79 Å². The Kier molecular flexibility index (Phi) is 5.63. The molecule has 6 heteroatoms. The minimum absolute atomic E-state index is 0.0427. The molecule has 0 atom stereocenters. The summed E-state index contributed by atoms with van der Waals surface area (Å²) >= 11 is 10.1. The molecule has 104 valence electrons. The lowest BCUT2D eigenvalue weighted by Gasteiger charge is -2.09. The molecule has 0 heterocycles. The number of anilines is 1. The summed E-state index contributed by atoms with van der Waals surface area (Å²) in [6, 6.07) is 12.9. The zero-order valence-corrected chi connectivity index (χ0v) is 15.0. The number of nitrogens with one attached hydrogen (secondary N) is 1. The topological polar surface area (TPSA) is 38.3 Å². The van der Waals surface area contributed by atoms with Crippen LogP contribution in [0.2, 0.25) is 0 Å². The third kappa shape index (κ3) is 4.61. The van der Waals surface area contributed by atoms with Gasteiger partial charge in [-0.3, -0.25) is 4.79 Å². The molecule has 0 saturated carbocycles. The first-order valence-corrected chi connectivity index (χ1v) is 8.06. The summed E-state index contributed by atoms with van der Waals surface area (Å²) in [5.74, 6) is 0.428. The molecule has 0 bridgehead atoms. The van der Waals surface area contributed by atoms with Crippen LogP contribution >= 0.6 is 47.8 Å². The van der Waals surface area contributed by atoms with Crippen LogP contribution in [0.5, 0.6) is 5.75 Å². The SMILES string of the molecule is O=C(COc1cccc(Br)c1)Nc1ccc(Br)cc1Br. The molecule has 2 aromatic carbocycles. The number of hydrogen-bond donors (Lipinski definition) is 1. The molecule has 0 fully saturated rings. The van der Waals surface area contributed by atoms with Gasteiger partial charge >= 0.3 is 0 Å². The normalized spacial score (nSPS) is 10.2. The van der Waals surface area contributed by atoms with Gasteiger partial charge in [0.2, 0.25) is 0 Å². The number of amides is 1. The van der Waals surface area contributed by atoms with Gasteiger partial charge in [-0.25, -0.2) is 0 Å². The van der Waals surface area contributed by atoms with Gasteiger partial charge in [-0.1, -0.05) is 37.9 Å². The third-order valence-corrected chi connectivity index (χ3v) is 4.01. The Labute approximate surface area is 142 Å². The molecule has 3 nitrogen and oxygen atoms in total. The van der Waals surface area contributed by atoms with Gasteiger partial charge in [0.25, 0.3) is 5.91 Å². The van der Waals surface area contributed by atoms with Crippen molar-refractivity contribution in [3.05, 3.63) is 55.9 Å². The summed E-state index contributed by atoms with van der Waals surface area (Å²) in [5.41, 5.74) is 0.705. The van der Waals surface area contributed by atoms with Crippen molar-refractivity contribution in [2.24, 2.45) is 0 Å². The maximum absolute atomic E-state index is 11.8. The highest BCUT2D eigenvalue weighted by Crippen LogP contribution is 2.26. The van der Waals surface area contributed by atoms with Crippen molar-refractivity contribution in [3.8, 4) is 5.75 Å². The second-order valence-electron chi connectivity index (χ2n) is 3.92. The van der Waals surface area contributed by atoms with Crippen LogP contribution < -0.4 is 10.1 Å². The summed E-state index contributed by atoms with van der Waals surface area (Å²) in [5, 5.41) is 2.78. The van der Waals surface area contributed by atoms with Crippen molar-refractivity contribution in [1.29, 1.82) is 0 Å². The summed E-state index contributed by atoms with van der Waals surface area (Å²) in [6.45, 7) is -0.0427. The van der Waals surface area contributed by atoms with Gasteiger partial charge in [0.15, 0.2) is 6.61 Å². The first-order chi connectivity index (χ1) is 9.54. The monoisotopic (exact) mass is 461 g/mol. The molecule has 0 radical (unpaired) electrons. The largest absolute Gasteiger partial charge is 0.484 e. The van der Waals surface area contributed by atoms with Gasteiger partial charge in [-0.15, -0.1) is 0 Å². The quantitative estimate of drug-likeness (QED) is 0.693. The van der Waals surface area contributed by atoms with Gasteiger partial charge in [0, 0.05) is 13.4 Å². The molecule has 0 aliphatic rings. The molecular weight excluding hydrogens is 454 g/mol. The van der Waals surface area contributed by atoms with Crippen LogP contribution in [0.15, 0.2) is 55.9 Å². The van der Waals surface area contributed by atoms with Gasteiger partial charge in [0.05, 0.1) is 5.69 Å². The number of ether oxygens (including phenoxy) is 1. The van der Waals surface area contributed by atoms with Crippen LogP contribution in [0, 0.1) is 0 Å². The third-order valence-electron chi connectivity index (χ3n) is 2.37. The van der Waals surface area contributed by atoms with E-state index in [0.29, 0.717) is 11.4 Å². The minimum atomic E-state index is -0.215. The minimum Gasteiger partial charge on any atom is -0.484 e. The Balaban J connectivity index is 1.92. The molecule has 0 aliphatic heterocycles. The lowest BCUT2D eigenvalue weighted by Crippen LogP contribution is -2.20. The maximum atomic E-state index is 11.8. The molecule has 20 heavy (non-hydrogen) atoms. The number of carbonyl (C=O) groups is 1. The van der Waals surface area contributed by atoms with E-state index in [1.165, 1.54) is 0 Å². The zero-order valence-electron chi connectivity index (χ0n) is 10.2. The fraction of sp³-hybridized carbons (Fsp3) is 0.0714. The predicted octanol–water partition coefficient (Wildman–Crippen LogP) is 4.99. The van der Waals surface area contributed by atoms with Crippen molar-refractivity contribution >= 4 is 59.4 Å². The van der Waals surface area contributed by atoms with Crippen LogP contribution in [-0.4, -0.2) is 12.5 Å². The molecule has 0 unspecified atom stereocenters. The van der Waals surface area contributed by atoms with Crippen molar-refractivity contribution in [3.63, 3.8) is 0 Å². The lowest BCUT2D eigenvalue weighted by atomic mass is 10.3. The van der Waals surface area contributed by atoms with E-state index >= 15 is 0 Å². The fourth-order valence-electron chi connectivity index (χ4n) is 1.48. The zero-order chi connectivity index (χ0) is 14.5. The van der Waals surface area contributed by atoms with Gasteiger partial charge in [-0.2, -0.15) is 0 Å². The molecule has 2 aromatic rings. The Morgan fingerprint density at radius 2 is 1.80 bits per heavy atom. The van der Waals surface area contributed by atoms with Crippen molar-refractivity contribution < 1.29 is 9.53 Å². The Morgan fingerprint density at radius 1 is 1.05 bits per heavy atom. The summed E-state index contributed by atoms with van der Waals surface area (Å²) in [4.78, 5) is 11.8. The van der Waals surface area contributed by atoms with E-state index in [9.17, 15) is 4.79 Å². The van der Waals surface area contributed by atoms with E-state index in [-0.39, 0.29) is 12.5 Å². The Hall–Kier alpha value is -0.850. The van der Waals surface area contributed by atoms with Crippen LogP contribution in [0.4, 0.5) is 5.69 Å². The molecular formula is C14H10Br3NO2. The summed E-state index contributed by atoms with van der Waals surface area (Å²) in [6.07, 6.45) is 0. The van der Waals surface area contributed by atoms with Gasteiger partial charge < -0.3 is 10.1 Å². The number of carbonyl (C=O) groups excluding carboxylic acids is 1. The van der Waals surface area contributed by atoms with E-state index in [1.807, 2.05) is 36.4 Å². The van der Waals surface area contributed by atoms with Crippen LogP contribution in [0.3, 0.4) is 0 Å². The summed E-state index contributed by atoms with van der Waals surface area (Å²) in [7, 11) is 0. The first kappa shape index (κ1) is 15.5. The smallest absolute Gasteiger partial charge is 0.262 e. The number of hydrogen-bond acceptors (Lipinski definition) is 2. The average molecular weight is 464 g/mol. The van der Waals surface area contributed by atoms with Crippen molar-refractivity contribution in [1.82, 2.24) is 0 Å². The average Bonchev–Trinajstić information content (AvgIpc) is 2.40. The molecule has 1 N–H and O–H groups in total. The van der Waals surface area contributed by atoms with E-state index in [0.717, 1.165) is 13.4 Å². The first-order valence-electron chi connectivity index (χ1n) is 5.68. The number of rotatable bonds is 4. The van der Waals surface area contributed by atoms with Crippen LogP contribution in [0.25, 0.3) is 0 Å². The molecule has 2 rings (SSSR count). The highest BCUT2D eigenvalue weighted by Gasteiger charge is 2.07. The molecule has 1 amide bonds. The van der Waals surface area contributed by atoms with Crippen LogP contribution in [0.1, 0.15) is 0 Å². The molecule has 0 aromatic heterocycles. The summed E-state index contributed by atoms with van der Waals surface area (Å²) < 4.78 is 8.07. The maximum Gasteiger partial charge on any atom is 0.262 e. The van der Waals surface area contributed by atoms with Crippen molar-refractivity contribution in [2.45, 2.75) is 0 Å². The standard InChI is InChI=1S/C14H10Br3NO2/c15-9-2-1-3-11(6-9)20-8-14(19)18-13-5-4-10(16)7-12(13)17/h1-7H,8H2,(H,18,19). The predicted molar refractivity (Wildman–Crippen MR) is 90.1 cm³/mol. The number of benzene rings is 2. The molecule has 0 aliphatic carbocycles. The van der Waals surface area contributed by atoms with E-state index in [4.69, 9.17) is 4.74 Å². The fourth-order valence-corrected chi connectivity index (χ4v) is 3.01. The van der Waals surface area contributed by atoms with Gasteiger partial charge in [0.1, 0.15) is 5.75 Å². The van der Waals surface area contributed by atoms with E-state index in [1.54, 1.807) is 6.07 Å². The molecule has 0 spiro atoms. The van der Waals surface area contributed by atoms with Crippen molar-refractivity contribution in [2.75, 3.05) is 11.9 Å². The number of halogens is 3. The Morgan fingerprint density at radius 3 is 2.50 bits per heavy atom. The Bertz CT molecular complexity index is 632. The highest BCUT2D eigenvalue weighted by atomic mass is 79.9. The van der Waals surface area contributed by atoms with Gasteiger partial charge in [-0.05, 0) is 52.3 Å². The molecule has 0 saturated heterocycles. The second kappa shape index (κ2) is 7.24. The van der Waals surface area contributed by atoms with E-state index in [2.05, 4.69) is 53.1 Å². The lowest BCUT2D eigenvalue weighted by molar-refractivity contribution is -0.118. The highest BCUT2D eigenvalue weighted by molar-refractivity contribution is 9.11. The second-order valence-corrected chi connectivity index (χ2v) is 6.60.